The predicted octanol–water partition coefficient (Wildman–Crippen LogP) is -0.251. The van der Waals surface area contributed by atoms with Crippen molar-refractivity contribution in [3.05, 3.63) is 29.8 Å². The van der Waals surface area contributed by atoms with E-state index in [4.69, 9.17) is 24.7 Å². The predicted molar refractivity (Wildman–Crippen MR) is 121 cm³/mol. The summed E-state index contributed by atoms with van der Waals surface area (Å²) < 4.78 is 21.4. The van der Waals surface area contributed by atoms with Gasteiger partial charge < -0.3 is 45.3 Å². The summed E-state index contributed by atoms with van der Waals surface area (Å²) in [6.45, 7) is 2.62. The molecule has 1 aliphatic rings. The van der Waals surface area contributed by atoms with Crippen LogP contribution in [0.2, 0.25) is 0 Å². The molecule has 6 N–H and O–H groups in total. The molecule has 196 valence electrons. The van der Waals surface area contributed by atoms with Gasteiger partial charge in [-0.2, -0.15) is 0 Å². The topological polar surface area (TPSA) is 187 Å². The van der Waals surface area contributed by atoms with Gasteiger partial charge in [-0.1, -0.05) is 12.1 Å². The lowest BCUT2D eigenvalue weighted by Gasteiger charge is -2.36. The Morgan fingerprint density at radius 3 is 2.49 bits per heavy atom. The SMILES string of the molecule is CC(C)OC(=O)[C@H](CCC(=O)CN)NC(=O)OCc1ccc(O[C@@H]2C[C@@H](O)[C@@H](O)[C@@H](CO)O2)cc1. The van der Waals surface area contributed by atoms with Crippen LogP contribution in [0.5, 0.6) is 5.75 Å². The van der Waals surface area contributed by atoms with E-state index in [0.717, 1.165) is 0 Å². The first-order valence-electron chi connectivity index (χ1n) is 11.4. The zero-order chi connectivity index (χ0) is 26.0. The van der Waals surface area contributed by atoms with Gasteiger partial charge in [0.25, 0.3) is 0 Å². The molecule has 0 spiro atoms. The number of nitrogens with one attached hydrogen (secondary N) is 1. The summed E-state index contributed by atoms with van der Waals surface area (Å²) in [7, 11) is 0. The molecule has 1 fully saturated rings. The van der Waals surface area contributed by atoms with Gasteiger partial charge in [-0.3, -0.25) is 4.79 Å². The van der Waals surface area contributed by atoms with Crippen LogP contribution in [0, 0.1) is 0 Å². The molecule has 1 aromatic carbocycles. The minimum atomic E-state index is -1.20. The number of rotatable bonds is 12. The molecule has 0 aromatic heterocycles. The Hall–Kier alpha value is -2.77. The maximum absolute atomic E-state index is 12.2. The van der Waals surface area contributed by atoms with Gasteiger partial charge in [0.1, 0.15) is 36.4 Å². The number of amides is 1. The maximum Gasteiger partial charge on any atom is 0.408 e. The van der Waals surface area contributed by atoms with Crippen molar-refractivity contribution in [2.24, 2.45) is 5.73 Å². The summed E-state index contributed by atoms with van der Waals surface area (Å²) in [6.07, 6.45) is -5.27. The van der Waals surface area contributed by atoms with E-state index in [1.807, 2.05) is 0 Å². The third-order valence-corrected chi connectivity index (χ3v) is 5.14. The smallest absolute Gasteiger partial charge is 0.408 e. The van der Waals surface area contributed by atoms with Crippen LogP contribution < -0.4 is 15.8 Å². The Morgan fingerprint density at radius 2 is 1.89 bits per heavy atom. The van der Waals surface area contributed by atoms with Crippen LogP contribution >= 0.6 is 0 Å². The summed E-state index contributed by atoms with van der Waals surface area (Å²) in [4.78, 5) is 36.0. The number of aliphatic hydroxyl groups excluding tert-OH is 3. The largest absolute Gasteiger partial charge is 0.465 e. The molecule has 1 heterocycles. The summed E-state index contributed by atoms with van der Waals surface area (Å²) in [6, 6.07) is 5.44. The van der Waals surface area contributed by atoms with Gasteiger partial charge in [-0.25, -0.2) is 9.59 Å². The molecule has 0 bridgehead atoms. The highest BCUT2D eigenvalue weighted by Gasteiger charge is 2.37. The second-order valence-corrected chi connectivity index (χ2v) is 8.38. The van der Waals surface area contributed by atoms with E-state index in [1.54, 1.807) is 38.1 Å². The highest BCUT2D eigenvalue weighted by molar-refractivity contribution is 5.84. The van der Waals surface area contributed by atoms with Crippen molar-refractivity contribution >= 4 is 17.8 Å². The number of alkyl carbamates (subject to hydrolysis) is 1. The molecule has 0 saturated carbocycles. The fraction of sp³-hybridized carbons (Fsp3) is 0.609. The first-order valence-corrected chi connectivity index (χ1v) is 11.4. The minimum Gasteiger partial charge on any atom is -0.465 e. The number of nitrogens with two attached hydrogens (primary N) is 1. The van der Waals surface area contributed by atoms with Gasteiger partial charge in [-0.15, -0.1) is 0 Å². The molecule has 0 aliphatic carbocycles. The first-order chi connectivity index (χ1) is 16.6. The zero-order valence-electron chi connectivity index (χ0n) is 19.8. The van der Waals surface area contributed by atoms with Crippen molar-refractivity contribution in [3.63, 3.8) is 0 Å². The number of ketones is 1. The van der Waals surface area contributed by atoms with Gasteiger partial charge >= 0.3 is 12.1 Å². The fourth-order valence-corrected chi connectivity index (χ4v) is 3.26. The zero-order valence-corrected chi connectivity index (χ0v) is 19.8. The van der Waals surface area contributed by atoms with Gasteiger partial charge in [0.2, 0.25) is 6.29 Å². The lowest BCUT2D eigenvalue weighted by Crippen LogP contribution is -2.51. The third-order valence-electron chi connectivity index (χ3n) is 5.14. The summed E-state index contributed by atoms with van der Waals surface area (Å²) in [5.41, 5.74) is 5.92. The van der Waals surface area contributed by atoms with E-state index < -0.39 is 55.4 Å². The van der Waals surface area contributed by atoms with Crippen molar-refractivity contribution < 1.29 is 48.7 Å². The molecule has 1 amide bonds. The average molecular weight is 499 g/mol. The molecule has 1 aromatic rings. The van der Waals surface area contributed by atoms with Crippen LogP contribution in [0.25, 0.3) is 0 Å². The van der Waals surface area contributed by atoms with Crippen LogP contribution in [0.4, 0.5) is 4.79 Å². The van der Waals surface area contributed by atoms with Gasteiger partial charge in [-0.05, 0) is 38.0 Å². The molecular weight excluding hydrogens is 464 g/mol. The van der Waals surface area contributed by atoms with Crippen LogP contribution in [-0.2, 0) is 30.4 Å². The average Bonchev–Trinajstić information content (AvgIpc) is 2.82. The Bertz CT molecular complexity index is 832. The number of aliphatic hydroxyl groups is 3. The first kappa shape index (κ1) is 28.5. The second-order valence-electron chi connectivity index (χ2n) is 8.38. The number of Topliss-reactive ketones (excluding diaryl/α,β-unsaturated/α-hetero) is 1. The van der Waals surface area contributed by atoms with Crippen molar-refractivity contribution in [1.29, 1.82) is 0 Å². The van der Waals surface area contributed by atoms with Crippen molar-refractivity contribution in [3.8, 4) is 5.75 Å². The molecular formula is C23H34N2O10. The Kier molecular flexibility index (Phi) is 11.3. The highest BCUT2D eigenvalue weighted by Crippen LogP contribution is 2.24. The third kappa shape index (κ3) is 9.42. The summed E-state index contributed by atoms with van der Waals surface area (Å²) in [5, 5.41) is 31.3. The van der Waals surface area contributed by atoms with Crippen molar-refractivity contribution in [2.75, 3.05) is 13.2 Å². The molecule has 5 atom stereocenters. The quantitative estimate of drug-likeness (QED) is 0.239. The molecule has 12 heteroatoms. The molecule has 1 saturated heterocycles. The van der Waals surface area contributed by atoms with Gasteiger partial charge in [0.15, 0.2) is 0 Å². The van der Waals surface area contributed by atoms with E-state index >= 15 is 0 Å². The van der Waals surface area contributed by atoms with Crippen molar-refractivity contribution in [1.82, 2.24) is 5.32 Å². The van der Waals surface area contributed by atoms with E-state index in [9.17, 15) is 29.7 Å². The number of esters is 1. The summed E-state index contributed by atoms with van der Waals surface area (Å²) >= 11 is 0. The molecule has 0 radical (unpaired) electrons. The number of hydrogen-bond donors (Lipinski definition) is 5. The highest BCUT2D eigenvalue weighted by atomic mass is 16.7. The lowest BCUT2D eigenvalue weighted by atomic mass is 10.0. The van der Waals surface area contributed by atoms with E-state index in [-0.39, 0.29) is 38.2 Å². The van der Waals surface area contributed by atoms with E-state index in [2.05, 4.69) is 5.32 Å². The lowest BCUT2D eigenvalue weighted by molar-refractivity contribution is -0.229. The number of hydrogen-bond acceptors (Lipinski definition) is 11. The second kappa shape index (κ2) is 14.0. The Balaban J connectivity index is 1.86. The molecule has 0 unspecified atom stereocenters. The standard InChI is InChI=1S/C23H34N2O10/c1-13(2)33-22(30)17(8-5-15(27)10-24)25-23(31)32-12-14-3-6-16(7-4-14)34-20-9-18(28)21(29)19(11-26)35-20/h3-4,6-7,13,17-21,26,28-29H,5,8-12,24H2,1-2H3,(H,25,31)/t17-,18+,19+,20-,21+/m0/s1. The van der Waals surface area contributed by atoms with Crippen LogP contribution in [-0.4, -0.2) is 83.1 Å². The fourth-order valence-electron chi connectivity index (χ4n) is 3.26. The number of benzene rings is 1. The normalized spacial score (nSPS) is 22.8. The molecule has 1 aliphatic heterocycles. The number of ether oxygens (including phenoxy) is 4. The summed E-state index contributed by atoms with van der Waals surface area (Å²) in [5.74, 6) is -0.514. The van der Waals surface area contributed by atoms with Gasteiger partial charge in [0, 0.05) is 12.8 Å². The van der Waals surface area contributed by atoms with Crippen molar-refractivity contribution in [2.45, 2.75) is 76.5 Å². The van der Waals surface area contributed by atoms with Crippen LogP contribution in [0.3, 0.4) is 0 Å². The Morgan fingerprint density at radius 1 is 1.20 bits per heavy atom. The van der Waals surface area contributed by atoms with Crippen LogP contribution in [0.15, 0.2) is 24.3 Å². The minimum absolute atomic E-state index is 0.00977. The molecule has 12 nitrogen and oxygen atoms in total. The van der Waals surface area contributed by atoms with Gasteiger partial charge in [0.05, 0.1) is 25.4 Å². The molecule has 35 heavy (non-hydrogen) atoms. The number of carbonyl (C=O) groups is 3. The Labute approximate surface area is 203 Å². The monoisotopic (exact) mass is 498 g/mol. The van der Waals surface area contributed by atoms with E-state index in [0.29, 0.717) is 11.3 Å². The molecule has 2 rings (SSSR count). The van der Waals surface area contributed by atoms with Crippen LogP contribution in [0.1, 0.15) is 38.7 Å². The number of carbonyl (C=O) groups excluding carboxylic acids is 3. The van der Waals surface area contributed by atoms with E-state index in [1.165, 1.54) is 0 Å². The maximum atomic E-state index is 12.2.